The number of nitro benzene ring substituents is 2. The molecule has 0 bridgehead atoms. The van der Waals surface area contributed by atoms with Gasteiger partial charge in [-0.1, -0.05) is 6.07 Å². The number of non-ortho nitro benzene ring substituents is 2. The Morgan fingerprint density at radius 1 is 0.771 bits per heavy atom. The van der Waals surface area contributed by atoms with Crippen LogP contribution in [-0.4, -0.2) is 32.6 Å². The van der Waals surface area contributed by atoms with Crippen molar-refractivity contribution in [3.63, 3.8) is 0 Å². The van der Waals surface area contributed by atoms with Gasteiger partial charge in [0.2, 0.25) is 5.91 Å². The van der Waals surface area contributed by atoms with Gasteiger partial charge in [0.15, 0.2) is 0 Å². The van der Waals surface area contributed by atoms with Crippen molar-refractivity contribution >= 4 is 48.7 Å². The van der Waals surface area contributed by atoms with Crippen LogP contribution in [-0.2, 0) is 24.8 Å². The molecule has 1 amide bonds. The van der Waals surface area contributed by atoms with Crippen molar-refractivity contribution in [1.29, 1.82) is 0 Å². The summed E-state index contributed by atoms with van der Waals surface area (Å²) in [5, 5.41) is 24.3. The number of sulfonamides is 2. The number of hydrogen-bond donors (Lipinski definition) is 1. The van der Waals surface area contributed by atoms with Crippen LogP contribution in [0.5, 0.6) is 0 Å². The third-order valence-corrected chi connectivity index (χ3v) is 8.71. The largest absolute Gasteiger partial charge is 0.326 e. The van der Waals surface area contributed by atoms with Gasteiger partial charge in [0.05, 0.1) is 25.3 Å². The van der Waals surface area contributed by atoms with Crippen molar-refractivity contribution in [2.24, 2.45) is 0 Å². The molecule has 1 N–H and O–H groups in total. The molecule has 0 aliphatic carbocycles. The molecule has 0 aromatic heterocycles. The van der Waals surface area contributed by atoms with E-state index < -0.39 is 57.0 Å². The van der Waals surface area contributed by atoms with E-state index in [9.17, 15) is 41.9 Å². The average Bonchev–Trinajstić information content (AvgIpc) is 2.78. The maximum Gasteiger partial charge on any atom is 0.277 e. The molecular formula is C20H16N4O9S2. The lowest BCUT2D eigenvalue weighted by molar-refractivity contribution is -0.385. The minimum atomic E-state index is -4.90. The highest BCUT2D eigenvalue weighted by atomic mass is 32.3. The molecule has 0 spiro atoms. The molecule has 0 saturated carbocycles. The van der Waals surface area contributed by atoms with Crippen molar-refractivity contribution in [3.05, 3.63) is 93.0 Å². The summed E-state index contributed by atoms with van der Waals surface area (Å²) in [4.78, 5) is 30.6. The molecule has 3 rings (SSSR count). The second-order valence-electron chi connectivity index (χ2n) is 6.94. The first-order valence-corrected chi connectivity index (χ1v) is 12.4. The lowest BCUT2D eigenvalue weighted by Crippen LogP contribution is -2.37. The van der Waals surface area contributed by atoms with E-state index in [1.807, 2.05) is 0 Å². The minimum Gasteiger partial charge on any atom is -0.326 e. The van der Waals surface area contributed by atoms with Gasteiger partial charge < -0.3 is 5.32 Å². The zero-order valence-electron chi connectivity index (χ0n) is 17.8. The zero-order chi connectivity index (χ0) is 26.0. The van der Waals surface area contributed by atoms with Crippen LogP contribution in [0, 0.1) is 20.2 Å². The topological polar surface area (TPSA) is 187 Å². The molecule has 0 saturated heterocycles. The average molecular weight is 521 g/mol. The number of benzene rings is 3. The standard InChI is InChI=1S/C20H16N4O9S2/c1-14(25)21-15-3-2-4-18(13-15)24(34(30,31)19-9-5-16(6-10-19)22(26)27)35(32,33)20-11-7-17(8-12-20)23(28)29/h2-13H,1H3,(H,21,25). The van der Waals surface area contributed by atoms with E-state index in [1.54, 1.807) is 0 Å². The molecule has 0 atom stereocenters. The maximum atomic E-state index is 13.5. The summed E-state index contributed by atoms with van der Waals surface area (Å²) in [5.41, 5.74) is -1.12. The number of carbonyl (C=O) groups excluding carboxylic acids is 1. The number of amides is 1. The molecule has 0 aliphatic rings. The minimum absolute atomic E-state index is 0.0909. The summed E-state index contributed by atoms with van der Waals surface area (Å²) in [6, 6.07) is 12.1. The van der Waals surface area contributed by atoms with Crippen LogP contribution in [0.3, 0.4) is 0 Å². The Morgan fingerprint density at radius 2 is 1.20 bits per heavy atom. The van der Waals surface area contributed by atoms with Gasteiger partial charge in [-0.2, -0.15) is 3.71 Å². The van der Waals surface area contributed by atoms with E-state index in [0.717, 1.165) is 60.7 Å². The third kappa shape index (κ3) is 5.25. The fourth-order valence-corrected chi connectivity index (χ4v) is 6.65. The Balaban J connectivity index is 2.23. The first kappa shape index (κ1) is 25.3. The third-order valence-electron chi connectivity index (χ3n) is 4.50. The molecular weight excluding hydrogens is 504 g/mol. The van der Waals surface area contributed by atoms with Gasteiger partial charge >= 0.3 is 0 Å². The van der Waals surface area contributed by atoms with E-state index in [-0.39, 0.29) is 15.1 Å². The smallest absolute Gasteiger partial charge is 0.277 e. The summed E-state index contributed by atoms with van der Waals surface area (Å²) in [6.07, 6.45) is 0. The number of nitrogens with one attached hydrogen (secondary N) is 1. The lowest BCUT2D eigenvalue weighted by Gasteiger charge is -2.24. The normalized spacial score (nSPS) is 11.5. The van der Waals surface area contributed by atoms with Crippen molar-refractivity contribution in [3.8, 4) is 0 Å². The molecule has 35 heavy (non-hydrogen) atoms. The van der Waals surface area contributed by atoms with E-state index in [4.69, 9.17) is 0 Å². The Bertz CT molecular complexity index is 1430. The Morgan fingerprint density at radius 3 is 1.57 bits per heavy atom. The highest BCUT2D eigenvalue weighted by molar-refractivity contribution is 8.10. The van der Waals surface area contributed by atoms with Gasteiger partial charge in [0.1, 0.15) is 0 Å². The van der Waals surface area contributed by atoms with Crippen LogP contribution < -0.4 is 9.03 Å². The van der Waals surface area contributed by atoms with Crippen LogP contribution in [0.1, 0.15) is 6.92 Å². The summed E-state index contributed by atoms with van der Waals surface area (Å²) < 4.78 is 54.2. The number of nitrogens with zero attached hydrogens (tertiary/aromatic N) is 3. The molecule has 0 unspecified atom stereocenters. The Kier molecular flexibility index (Phi) is 6.84. The monoisotopic (exact) mass is 520 g/mol. The van der Waals surface area contributed by atoms with Crippen molar-refractivity contribution in [2.75, 3.05) is 9.03 Å². The Labute approximate surface area is 199 Å². The predicted octanol–water partition coefficient (Wildman–Crippen LogP) is 3.05. The van der Waals surface area contributed by atoms with E-state index in [1.165, 1.54) is 19.1 Å². The maximum absolute atomic E-state index is 13.5. The second kappa shape index (κ2) is 9.47. The summed E-state index contributed by atoms with van der Waals surface area (Å²) in [5.74, 6) is -0.495. The molecule has 0 fully saturated rings. The van der Waals surface area contributed by atoms with Gasteiger partial charge in [-0.25, -0.2) is 16.8 Å². The van der Waals surface area contributed by atoms with Crippen LogP contribution in [0.25, 0.3) is 0 Å². The van der Waals surface area contributed by atoms with Crippen molar-refractivity contribution < 1.29 is 31.5 Å². The van der Waals surface area contributed by atoms with Gasteiger partial charge in [-0.05, 0) is 42.5 Å². The number of anilines is 2. The van der Waals surface area contributed by atoms with Gasteiger partial charge in [-0.15, -0.1) is 0 Å². The molecule has 3 aromatic rings. The molecule has 0 heterocycles. The second-order valence-corrected chi connectivity index (χ2v) is 10.7. The molecule has 13 nitrogen and oxygen atoms in total. The van der Waals surface area contributed by atoms with Crippen molar-refractivity contribution in [1.82, 2.24) is 0 Å². The Hall–Kier alpha value is -4.37. The van der Waals surface area contributed by atoms with Crippen LogP contribution in [0.2, 0.25) is 0 Å². The van der Waals surface area contributed by atoms with Crippen molar-refractivity contribution in [2.45, 2.75) is 16.7 Å². The van der Waals surface area contributed by atoms with Crippen LogP contribution in [0.4, 0.5) is 22.7 Å². The number of carbonyl (C=O) groups is 1. The molecule has 0 radical (unpaired) electrons. The van der Waals surface area contributed by atoms with E-state index in [2.05, 4.69) is 5.32 Å². The number of hydrogen-bond acceptors (Lipinski definition) is 9. The lowest BCUT2D eigenvalue weighted by atomic mass is 10.3. The highest BCUT2D eigenvalue weighted by Crippen LogP contribution is 2.33. The summed E-state index contributed by atoms with van der Waals surface area (Å²) in [6.45, 7) is 1.20. The summed E-state index contributed by atoms with van der Waals surface area (Å²) in [7, 11) is -9.80. The SMILES string of the molecule is CC(=O)Nc1cccc(N(S(=O)(=O)c2ccc([N+](=O)[O-])cc2)S(=O)(=O)c2ccc([N+](=O)[O-])cc2)c1. The molecule has 182 valence electrons. The fraction of sp³-hybridized carbons (Fsp3) is 0.0500. The molecule has 3 aromatic carbocycles. The first-order valence-electron chi connectivity index (χ1n) is 9.51. The van der Waals surface area contributed by atoms with Crippen LogP contribution in [0.15, 0.2) is 82.6 Å². The quantitative estimate of drug-likeness (QED) is 0.344. The first-order chi connectivity index (χ1) is 16.3. The van der Waals surface area contributed by atoms with E-state index >= 15 is 0 Å². The van der Waals surface area contributed by atoms with Gasteiger partial charge in [-0.3, -0.25) is 25.0 Å². The molecule has 0 aliphatic heterocycles. The van der Waals surface area contributed by atoms with Gasteiger partial charge in [0.25, 0.3) is 31.4 Å². The highest BCUT2D eigenvalue weighted by Gasteiger charge is 2.37. The number of rotatable bonds is 8. The van der Waals surface area contributed by atoms with E-state index in [0.29, 0.717) is 0 Å². The zero-order valence-corrected chi connectivity index (χ0v) is 19.4. The number of nitro groups is 2. The fourth-order valence-electron chi connectivity index (χ4n) is 2.98. The van der Waals surface area contributed by atoms with Gasteiger partial charge in [0, 0.05) is 36.9 Å². The summed E-state index contributed by atoms with van der Waals surface area (Å²) >= 11 is 0. The predicted molar refractivity (Wildman–Crippen MR) is 124 cm³/mol. The van der Waals surface area contributed by atoms with Crippen LogP contribution >= 0.6 is 0 Å². The molecule has 15 heteroatoms.